The van der Waals surface area contributed by atoms with Crippen molar-refractivity contribution < 1.29 is 19.4 Å². The average Bonchev–Trinajstić information content (AvgIpc) is 3.47. The fraction of sp³-hybridized carbons (Fsp3) is 0.293. The lowest BCUT2D eigenvalue weighted by Crippen LogP contribution is -2.32. The minimum absolute atomic E-state index is 0.0736. The molecule has 260 valence electrons. The first-order valence-corrected chi connectivity index (χ1v) is 17.1. The van der Waals surface area contributed by atoms with Crippen LogP contribution in [0.5, 0.6) is 0 Å². The normalized spacial score (nSPS) is 12.3. The Hall–Kier alpha value is -5.09. The van der Waals surface area contributed by atoms with Gasteiger partial charge in [-0.3, -0.25) is 9.59 Å². The topological polar surface area (TPSA) is 118 Å². The number of ether oxygens (including phenoxy) is 1. The second-order valence-electron chi connectivity index (χ2n) is 12.7. The van der Waals surface area contributed by atoms with Crippen LogP contribution in [0.15, 0.2) is 109 Å². The van der Waals surface area contributed by atoms with Gasteiger partial charge in [0.2, 0.25) is 5.91 Å². The van der Waals surface area contributed by atoms with Crippen molar-refractivity contribution in [3.05, 3.63) is 154 Å². The molecule has 2 heterocycles. The molecule has 2 amide bonds. The first-order chi connectivity index (χ1) is 24.2. The van der Waals surface area contributed by atoms with Crippen LogP contribution < -0.4 is 16.0 Å². The van der Waals surface area contributed by atoms with Crippen molar-refractivity contribution in [1.82, 2.24) is 25.5 Å². The van der Waals surface area contributed by atoms with Crippen molar-refractivity contribution in [2.45, 2.75) is 58.9 Å². The molecule has 0 saturated carbocycles. The molecule has 3 aromatic carbocycles. The fourth-order valence-electron chi connectivity index (χ4n) is 5.81. The van der Waals surface area contributed by atoms with E-state index in [4.69, 9.17) is 4.74 Å². The van der Waals surface area contributed by atoms with Gasteiger partial charge in [-0.05, 0) is 79.8 Å². The summed E-state index contributed by atoms with van der Waals surface area (Å²) < 4.78 is 7.71. The number of nitrogens with zero attached hydrogens (tertiary/aromatic N) is 2. The predicted molar refractivity (Wildman–Crippen MR) is 196 cm³/mol. The molecule has 0 fully saturated rings. The zero-order chi connectivity index (χ0) is 35.3. The molecule has 2 atom stereocenters. The van der Waals surface area contributed by atoms with Crippen LogP contribution in [0.25, 0.3) is 5.82 Å². The molecule has 0 aliphatic carbocycles. The monoisotopic (exact) mass is 673 g/mol. The number of carbonyl (C=O) groups excluding carboxylic acids is 2. The van der Waals surface area contributed by atoms with Crippen LogP contribution in [0.3, 0.4) is 0 Å². The summed E-state index contributed by atoms with van der Waals surface area (Å²) in [7, 11) is 0. The number of aromatic nitrogens is 2. The van der Waals surface area contributed by atoms with E-state index in [1.54, 1.807) is 18.3 Å². The first kappa shape index (κ1) is 36.2. The van der Waals surface area contributed by atoms with Gasteiger partial charge in [-0.25, -0.2) is 4.98 Å². The van der Waals surface area contributed by atoms with Crippen molar-refractivity contribution in [3.8, 4) is 5.82 Å². The Labute approximate surface area is 294 Å². The third-order valence-corrected chi connectivity index (χ3v) is 8.56. The lowest BCUT2D eigenvalue weighted by atomic mass is 10.0. The molecule has 0 aliphatic rings. The quantitative estimate of drug-likeness (QED) is 0.0963. The number of aliphatic hydroxyl groups is 1. The Morgan fingerprint density at radius 3 is 2.26 bits per heavy atom. The summed E-state index contributed by atoms with van der Waals surface area (Å²) in [6, 6.07) is 33.3. The summed E-state index contributed by atoms with van der Waals surface area (Å²) in [5.74, 6) is 0.602. The number of benzene rings is 3. The number of rotatable bonds is 17. The molecular formula is C41H47N5O4. The van der Waals surface area contributed by atoms with E-state index in [1.165, 1.54) is 0 Å². The van der Waals surface area contributed by atoms with Gasteiger partial charge in [0.1, 0.15) is 5.82 Å². The number of aryl methyl sites for hydroxylation is 2. The van der Waals surface area contributed by atoms with Gasteiger partial charge in [0.05, 0.1) is 25.7 Å². The number of aliphatic hydroxyl groups excluding tert-OH is 1. The molecule has 5 rings (SSSR count). The summed E-state index contributed by atoms with van der Waals surface area (Å²) in [5, 5.41) is 20.1. The number of carbonyl (C=O) groups is 2. The second kappa shape index (κ2) is 18.1. The van der Waals surface area contributed by atoms with Crippen LogP contribution in [-0.2, 0) is 35.5 Å². The highest BCUT2D eigenvalue weighted by molar-refractivity contribution is 5.94. The highest BCUT2D eigenvalue weighted by Gasteiger charge is 2.13. The van der Waals surface area contributed by atoms with Crippen molar-refractivity contribution in [3.63, 3.8) is 0 Å². The largest absolute Gasteiger partial charge is 0.387 e. The van der Waals surface area contributed by atoms with E-state index in [2.05, 4.69) is 56.7 Å². The van der Waals surface area contributed by atoms with E-state index in [0.29, 0.717) is 38.4 Å². The first-order valence-electron chi connectivity index (χ1n) is 17.1. The van der Waals surface area contributed by atoms with Crippen LogP contribution >= 0.6 is 0 Å². The lowest BCUT2D eigenvalue weighted by molar-refractivity contribution is -0.120. The van der Waals surface area contributed by atoms with E-state index < -0.39 is 6.10 Å². The Bertz CT molecular complexity index is 1800. The average molecular weight is 674 g/mol. The predicted octanol–water partition coefficient (Wildman–Crippen LogP) is 5.55. The lowest BCUT2D eigenvalue weighted by Gasteiger charge is -2.18. The molecule has 5 aromatic rings. The molecule has 0 saturated heterocycles. The van der Waals surface area contributed by atoms with E-state index in [-0.39, 0.29) is 24.3 Å². The second-order valence-corrected chi connectivity index (χ2v) is 12.7. The van der Waals surface area contributed by atoms with Crippen LogP contribution in [0.4, 0.5) is 0 Å². The Kier molecular flexibility index (Phi) is 13.1. The number of hydrogen-bond donors (Lipinski definition) is 4. The van der Waals surface area contributed by atoms with Gasteiger partial charge < -0.3 is 30.4 Å². The molecule has 4 N–H and O–H groups in total. The molecule has 2 unspecified atom stereocenters. The van der Waals surface area contributed by atoms with Crippen LogP contribution in [0.2, 0.25) is 0 Å². The van der Waals surface area contributed by atoms with Gasteiger partial charge in [-0.2, -0.15) is 0 Å². The molecule has 2 aromatic heterocycles. The molecule has 0 spiro atoms. The van der Waals surface area contributed by atoms with Crippen molar-refractivity contribution in [2.24, 2.45) is 0 Å². The van der Waals surface area contributed by atoms with Gasteiger partial charge in [0.15, 0.2) is 0 Å². The van der Waals surface area contributed by atoms with Gasteiger partial charge in [0.25, 0.3) is 5.91 Å². The van der Waals surface area contributed by atoms with Gasteiger partial charge in [-0.1, -0.05) is 72.8 Å². The van der Waals surface area contributed by atoms with E-state index >= 15 is 0 Å². The minimum atomic E-state index is -0.676. The summed E-state index contributed by atoms with van der Waals surface area (Å²) in [4.78, 5) is 29.8. The highest BCUT2D eigenvalue weighted by atomic mass is 16.5. The van der Waals surface area contributed by atoms with Crippen molar-refractivity contribution in [2.75, 3.05) is 19.7 Å². The Morgan fingerprint density at radius 2 is 1.54 bits per heavy atom. The summed E-state index contributed by atoms with van der Waals surface area (Å²) >= 11 is 0. The minimum Gasteiger partial charge on any atom is -0.387 e. The Balaban J connectivity index is 0.998. The van der Waals surface area contributed by atoms with Crippen molar-refractivity contribution >= 4 is 11.8 Å². The Morgan fingerprint density at radius 1 is 0.820 bits per heavy atom. The molecule has 0 radical (unpaired) electrons. The van der Waals surface area contributed by atoms with E-state index in [0.717, 1.165) is 51.4 Å². The van der Waals surface area contributed by atoms with Crippen LogP contribution in [0, 0.1) is 13.8 Å². The van der Waals surface area contributed by atoms with Gasteiger partial charge in [-0.15, -0.1) is 0 Å². The summed E-state index contributed by atoms with van der Waals surface area (Å²) in [6.45, 7) is 8.32. The SMILES string of the molecule is Cc1ccc(C)n1-c1ccc(C(O)CNC(C)Cc2cccc(CC(=O)NCc3ccc(C(=O)NCCOCc4ccccc4)cc3)c2)cn1. The molecule has 50 heavy (non-hydrogen) atoms. The molecule has 9 heteroatoms. The summed E-state index contributed by atoms with van der Waals surface area (Å²) in [5.41, 5.74) is 7.62. The molecule has 9 nitrogen and oxygen atoms in total. The fourth-order valence-corrected chi connectivity index (χ4v) is 5.81. The third kappa shape index (κ3) is 10.7. The maximum Gasteiger partial charge on any atom is 0.251 e. The molecule has 0 aliphatic heterocycles. The van der Waals surface area contributed by atoms with Crippen molar-refractivity contribution in [1.29, 1.82) is 0 Å². The number of nitrogens with one attached hydrogen (secondary N) is 3. The summed E-state index contributed by atoms with van der Waals surface area (Å²) in [6.07, 6.45) is 2.09. The molecule has 0 bridgehead atoms. The highest BCUT2D eigenvalue weighted by Crippen LogP contribution is 2.18. The smallest absolute Gasteiger partial charge is 0.251 e. The maximum absolute atomic E-state index is 12.8. The molecular weight excluding hydrogens is 626 g/mol. The van der Waals surface area contributed by atoms with Crippen LogP contribution in [0.1, 0.15) is 62.6 Å². The zero-order valence-electron chi connectivity index (χ0n) is 29.1. The maximum atomic E-state index is 12.8. The number of amides is 2. The van der Waals surface area contributed by atoms with Gasteiger partial charge >= 0.3 is 0 Å². The standard InChI is InChI=1S/C41H47N5O4/c1-29(43-27-38(47)37-18-19-39(44-26-37)46-30(2)12-13-31(46)3)22-34-10-7-11-35(23-34)24-40(48)45-25-32-14-16-36(17-15-32)41(49)42-20-21-50-28-33-8-5-4-6-9-33/h4-19,23,26,29,38,43,47H,20-22,24-25,27-28H2,1-3H3,(H,42,49)(H,45,48). The van der Waals surface area contributed by atoms with E-state index in [9.17, 15) is 14.7 Å². The number of hydrogen-bond acceptors (Lipinski definition) is 6. The van der Waals surface area contributed by atoms with Gasteiger partial charge in [0, 0.05) is 54.4 Å². The third-order valence-electron chi connectivity index (χ3n) is 8.56. The van der Waals surface area contributed by atoms with Crippen LogP contribution in [-0.4, -0.2) is 52.2 Å². The van der Waals surface area contributed by atoms with E-state index in [1.807, 2.05) is 80.6 Å². The number of pyridine rings is 1. The zero-order valence-corrected chi connectivity index (χ0v) is 29.1.